The number of hydrogen-bond donors (Lipinski definition) is 2. The van der Waals surface area contributed by atoms with E-state index in [1.54, 1.807) is 24.5 Å². The summed E-state index contributed by atoms with van der Waals surface area (Å²) in [6.45, 7) is 8.72. The van der Waals surface area contributed by atoms with Crippen LogP contribution in [0.4, 0.5) is 17.2 Å². The molecule has 0 spiro atoms. The molecule has 0 fully saturated rings. The number of amides is 1. The molecule has 1 amide bonds. The van der Waals surface area contributed by atoms with E-state index in [9.17, 15) is 4.79 Å². The van der Waals surface area contributed by atoms with Gasteiger partial charge in [-0.15, -0.1) is 10.2 Å². The zero-order valence-corrected chi connectivity index (χ0v) is 17.0. The van der Waals surface area contributed by atoms with Crippen LogP contribution in [0.1, 0.15) is 35.5 Å². The van der Waals surface area contributed by atoms with E-state index in [1.165, 1.54) is 0 Å². The van der Waals surface area contributed by atoms with Crippen molar-refractivity contribution in [3.63, 3.8) is 0 Å². The van der Waals surface area contributed by atoms with Gasteiger partial charge >= 0.3 is 0 Å². The summed E-state index contributed by atoms with van der Waals surface area (Å²) in [4.78, 5) is 18.9. The van der Waals surface area contributed by atoms with E-state index in [4.69, 9.17) is 0 Å². The van der Waals surface area contributed by atoms with Gasteiger partial charge in [-0.05, 0) is 68.3 Å². The lowest BCUT2D eigenvalue weighted by atomic mass is 10.1. The SMILES string of the molecule is CCN(CC)c1ccc(NC(=O)c2ccc(NCc3cccnc3)nn2)c(C)c1. The van der Waals surface area contributed by atoms with Gasteiger partial charge in [0.2, 0.25) is 0 Å². The molecule has 0 unspecified atom stereocenters. The molecule has 3 aromatic rings. The molecule has 7 heteroatoms. The third-order valence-electron chi connectivity index (χ3n) is 4.68. The van der Waals surface area contributed by atoms with Crippen LogP contribution in [-0.2, 0) is 6.54 Å². The number of nitrogens with one attached hydrogen (secondary N) is 2. The third kappa shape index (κ3) is 5.28. The van der Waals surface area contributed by atoms with Crippen LogP contribution in [0.15, 0.2) is 54.9 Å². The van der Waals surface area contributed by atoms with Gasteiger partial charge in [0.15, 0.2) is 5.69 Å². The molecule has 0 aliphatic heterocycles. The van der Waals surface area contributed by atoms with Crippen LogP contribution in [0.2, 0.25) is 0 Å². The first kappa shape index (κ1) is 20.3. The Morgan fingerprint density at radius 1 is 1.07 bits per heavy atom. The molecule has 29 heavy (non-hydrogen) atoms. The van der Waals surface area contributed by atoms with Crippen molar-refractivity contribution in [1.82, 2.24) is 15.2 Å². The number of anilines is 3. The number of aromatic nitrogens is 3. The Hall–Kier alpha value is -3.48. The highest BCUT2D eigenvalue weighted by atomic mass is 16.1. The molecule has 150 valence electrons. The van der Waals surface area contributed by atoms with E-state index in [2.05, 4.69) is 50.6 Å². The molecule has 0 saturated heterocycles. The zero-order valence-electron chi connectivity index (χ0n) is 17.0. The number of nitrogens with zero attached hydrogens (tertiary/aromatic N) is 4. The maximum absolute atomic E-state index is 12.5. The lowest BCUT2D eigenvalue weighted by molar-refractivity contribution is 0.102. The minimum absolute atomic E-state index is 0.268. The Morgan fingerprint density at radius 2 is 1.90 bits per heavy atom. The van der Waals surface area contributed by atoms with Crippen molar-refractivity contribution >= 4 is 23.1 Å². The van der Waals surface area contributed by atoms with Crippen LogP contribution in [0.3, 0.4) is 0 Å². The van der Waals surface area contributed by atoms with Crippen LogP contribution < -0.4 is 15.5 Å². The average Bonchev–Trinajstić information content (AvgIpc) is 2.76. The van der Waals surface area contributed by atoms with Crippen molar-refractivity contribution in [2.24, 2.45) is 0 Å². The molecular weight excluding hydrogens is 364 g/mol. The number of benzene rings is 1. The summed E-state index contributed by atoms with van der Waals surface area (Å²) < 4.78 is 0. The van der Waals surface area contributed by atoms with Gasteiger partial charge in [0, 0.05) is 43.4 Å². The molecule has 2 heterocycles. The fourth-order valence-corrected chi connectivity index (χ4v) is 3.00. The molecule has 0 aliphatic rings. The van der Waals surface area contributed by atoms with Crippen LogP contribution in [0, 0.1) is 6.92 Å². The van der Waals surface area contributed by atoms with Gasteiger partial charge < -0.3 is 15.5 Å². The van der Waals surface area contributed by atoms with E-state index >= 15 is 0 Å². The van der Waals surface area contributed by atoms with Crippen LogP contribution in [0.25, 0.3) is 0 Å². The molecule has 3 rings (SSSR count). The summed E-state index contributed by atoms with van der Waals surface area (Å²) in [7, 11) is 0. The topological polar surface area (TPSA) is 83.0 Å². The predicted molar refractivity (Wildman–Crippen MR) is 116 cm³/mol. The van der Waals surface area contributed by atoms with E-state index < -0.39 is 0 Å². The molecule has 0 aliphatic carbocycles. The largest absolute Gasteiger partial charge is 0.372 e. The highest BCUT2D eigenvalue weighted by molar-refractivity contribution is 6.03. The number of hydrogen-bond acceptors (Lipinski definition) is 6. The van der Waals surface area contributed by atoms with E-state index in [1.807, 2.05) is 31.2 Å². The summed E-state index contributed by atoms with van der Waals surface area (Å²) in [6.07, 6.45) is 3.52. The standard InChI is InChI=1S/C22H26N6O/c1-4-28(5-2)18-8-9-19(16(3)13-18)25-22(29)20-10-11-21(27-26-20)24-15-17-7-6-12-23-14-17/h6-14H,4-5,15H2,1-3H3,(H,24,27)(H,25,29). The van der Waals surface area contributed by atoms with Crippen molar-refractivity contribution in [2.75, 3.05) is 28.6 Å². The summed E-state index contributed by atoms with van der Waals surface area (Å²) in [6, 6.07) is 13.3. The fraction of sp³-hybridized carbons (Fsp3) is 0.273. The van der Waals surface area contributed by atoms with Gasteiger partial charge in [-0.2, -0.15) is 0 Å². The van der Waals surface area contributed by atoms with E-state index in [-0.39, 0.29) is 11.6 Å². The second kappa shape index (κ2) is 9.64. The smallest absolute Gasteiger partial charge is 0.276 e. The Kier molecular flexibility index (Phi) is 6.73. The maximum atomic E-state index is 12.5. The van der Waals surface area contributed by atoms with Crippen molar-refractivity contribution in [2.45, 2.75) is 27.3 Å². The Bertz CT molecular complexity index is 939. The Labute approximate surface area is 171 Å². The third-order valence-corrected chi connectivity index (χ3v) is 4.68. The summed E-state index contributed by atoms with van der Waals surface area (Å²) in [5.74, 6) is 0.320. The first-order valence-electron chi connectivity index (χ1n) is 9.74. The molecule has 2 N–H and O–H groups in total. The molecule has 7 nitrogen and oxygen atoms in total. The second-order valence-corrected chi connectivity index (χ2v) is 6.64. The van der Waals surface area contributed by atoms with E-state index in [0.717, 1.165) is 35.6 Å². The molecule has 0 saturated carbocycles. The molecular formula is C22H26N6O. The number of rotatable bonds is 8. The predicted octanol–water partition coefficient (Wildman–Crippen LogP) is 3.89. The number of carbonyl (C=O) groups is 1. The van der Waals surface area contributed by atoms with Crippen molar-refractivity contribution in [3.8, 4) is 0 Å². The van der Waals surface area contributed by atoms with Crippen molar-refractivity contribution in [3.05, 3.63) is 71.7 Å². The molecule has 0 atom stereocenters. The zero-order chi connectivity index (χ0) is 20.6. The molecule has 0 radical (unpaired) electrons. The summed E-state index contributed by atoms with van der Waals surface area (Å²) in [5.41, 5.74) is 4.23. The van der Waals surface area contributed by atoms with Crippen LogP contribution in [-0.4, -0.2) is 34.2 Å². The van der Waals surface area contributed by atoms with Gasteiger partial charge in [0.1, 0.15) is 5.82 Å². The lowest BCUT2D eigenvalue weighted by Gasteiger charge is -2.22. The lowest BCUT2D eigenvalue weighted by Crippen LogP contribution is -2.22. The Balaban J connectivity index is 1.62. The minimum atomic E-state index is -0.282. The molecule has 0 bridgehead atoms. The summed E-state index contributed by atoms with van der Waals surface area (Å²) in [5, 5.41) is 14.2. The van der Waals surface area contributed by atoms with Gasteiger partial charge in [-0.25, -0.2) is 0 Å². The fourth-order valence-electron chi connectivity index (χ4n) is 3.00. The maximum Gasteiger partial charge on any atom is 0.276 e. The number of carbonyl (C=O) groups excluding carboxylic acids is 1. The van der Waals surface area contributed by atoms with Gasteiger partial charge in [-0.1, -0.05) is 6.07 Å². The van der Waals surface area contributed by atoms with E-state index in [0.29, 0.717) is 12.4 Å². The number of aryl methyl sites for hydroxylation is 1. The summed E-state index contributed by atoms with van der Waals surface area (Å²) >= 11 is 0. The normalized spacial score (nSPS) is 10.4. The quantitative estimate of drug-likeness (QED) is 0.607. The molecule has 2 aromatic heterocycles. The highest BCUT2D eigenvalue weighted by Crippen LogP contribution is 2.23. The Morgan fingerprint density at radius 3 is 2.52 bits per heavy atom. The minimum Gasteiger partial charge on any atom is -0.372 e. The second-order valence-electron chi connectivity index (χ2n) is 6.64. The van der Waals surface area contributed by atoms with Crippen molar-refractivity contribution < 1.29 is 4.79 Å². The highest BCUT2D eigenvalue weighted by Gasteiger charge is 2.11. The number of pyridine rings is 1. The van der Waals surface area contributed by atoms with Crippen LogP contribution in [0.5, 0.6) is 0 Å². The van der Waals surface area contributed by atoms with Gasteiger partial charge in [0.25, 0.3) is 5.91 Å². The first-order valence-corrected chi connectivity index (χ1v) is 9.74. The average molecular weight is 390 g/mol. The van der Waals surface area contributed by atoms with Crippen LogP contribution >= 0.6 is 0 Å². The monoisotopic (exact) mass is 390 g/mol. The molecule has 1 aromatic carbocycles. The van der Waals surface area contributed by atoms with Crippen molar-refractivity contribution in [1.29, 1.82) is 0 Å². The van der Waals surface area contributed by atoms with Gasteiger partial charge in [0.05, 0.1) is 0 Å². The van der Waals surface area contributed by atoms with Gasteiger partial charge in [-0.3, -0.25) is 9.78 Å². The first-order chi connectivity index (χ1) is 14.1.